The smallest absolute Gasteiger partial charge is 0.209 e. The molecule has 0 aromatic rings. The van der Waals surface area contributed by atoms with Crippen molar-refractivity contribution in [1.29, 1.82) is 0 Å². The Morgan fingerprint density at radius 2 is 1.63 bits per heavy atom. The molecule has 2 N–H and O–H groups in total. The summed E-state index contributed by atoms with van der Waals surface area (Å²) in [6.07, 6.45) is 9.14. The van der Waals surface area contributed by atoms with E-state index in [2.05, 4.69) is 0 Å². The second-order valence-electron chi connectivity index (χ2n) is 5.94. The summed E-state index contributed by atoms with van der Waals surface area (Å²) in [6.45, 7) is 4.55. The summed E-state index contributed by atoms with van der Waals surface area (Å²) in [5.74, 6) is 0.0275. The van der Waals surface area contributed by atoms with E-state index in [1.165, 1.54) is 25.7 Å². The number of nitrogens with two attached hydrogens (primary N) is 1. The molecule has 0 aliphatic heterocycles. The third-order valence-corrected chi connectivity index (χ3v) is 5.45. The molecule has 5 heteroatoms. The lowest BCUT2D eigenvalue weighted by atomic mass is 9.85. The van der Waals surface area contributed by atoms with Crippen molar-refractivity contribution < 1.29 is 13.2 Å². The molecular formula is C14H29NO3S. The van der Waals surface area contributed by atoms with Gasteiger partial charge in [0.2, 0.25) is 10.0 Å². The number of hydrogen-bond donors (Lipinski definition) is 1. The lowest BCUT2D eigenvalue weighted by Crippen LogP contribution is -2.38. The Bertz CT molecular complexity index is 342. The van der Waals surface area contributed by atoms with Gasteiger partial charge in [-0.15, -0.1) is 0 Å². The molecule has 1 aliphatic carbocycles. The summed E-state index contributed by atoms with van der Waals surface area (Å²) in [6, 6.07) is 0. The van der Waals surface area contributed by atoms with Gasteiger partial charge < -0.3 is 4.74 Å². The van der Waals surface area contributed by atoms with E-state index < -0.39 is 10.0 Å². The maximum absolute atomic E-state index is 11.4. The highest BCUT2D eigenvalue weighted by Gasteiger charge is 2.32. The van der Waals surface area contributed by atoms with Gasteiger partial charge in [0.15, 0.2) is 0 Å². The first-order valence-electron chi connectivity index (χ1n) is 7.53. The molecular weight excluding hydrogens is 262 g/mol. The highest BCUT2D eigenvalue weighted by Crippen LogP contribution is 2.30. The Morgan fingerprint density at radius 1 is 1.11 bits per heavy atom. The van der Waals surface area contributed by atoms with E-state index in [1.807, 2.05) is 13.8 Å². The summed E-state index contributed by atoms with van der Waals surface area (Å²) in [7, 11) is -3.45. The molecule has 114 valence electrons. The Hall–Kier alpha value is -0.130. The zero-order valence-electron chi connectivity index (χ0n) is 12.4. The van der Waals surface area contributed by atoms with Crippen molar-refractivity contribution in [2.24, 2.45) is 10.6 Å². The highest BCUT2D eigenvalue weighted by atomic mass is 32.2. The van der Waals surface area contributed by atoms with Gasteiger partial charge in [0.25, 0.3) is 0 Å². The first-order valence-corrected chi connectivity index (χ1v) is 9.24. The van der Waals surface area contributed by atoms with Crippen molar-refractivity contribution in [2.75, 3.05) is 12.4 Å². The summed E-state index contributed by atoms with van der Waals surface area (Å²) >= 11 is 0. The predicted octanol–water partition coefficient (Wildman–Crippen LogP) is 2.82. The van der Waals surface area contributed by atoms with Crippen LogP contribution >= 0.6 is 0 Å². The lowest BCUT2D eigenvalue weighted by Gasteiger charge is -2.32. The molecule has 0 aromatic heterocycles. The zero-order valence-corrected chi connectivity index (χ0v) is 13.2. The molecule has 0 bridgehead atoms. The van der Waals surface area contributed by atoms with Crippen molar-refractivity contribution in [3.63, 3.8) is 0 Å². The van der Waals surface area contributed by atoms with Crippen molar-refractivity contribution in [3.8, 4) is 0 Å². The second-order valence-corrected chi connectivity index (χ2v) is 7.55. The van der Waals surface area contributed by atoms with Crippen LogP contribution in [0, 0.1) is 5.41 Å². The summed E-state index contributed by atoms with van der Waals surface area (Å²) in [5, 5.41) is 5.22. The van der Waals surface area contributed by atoms with Gasteiger partial charge in [0.1, 0.15) is 0 Å². The number of primary sulfonamides is 1. The van der Waals surface area contributed by atoms with E-state index in [0.29, 0.717) is 12.7 Å². The monoisotopic (exact) mass is 291 g/mol. The van der Waals surface area contributed by atoms with Gasteiger partial charge in [-0.2, -0.15) is 0 Å². The Kier molecular flexibility index (Phi) is 6.77. The van der Waals surface area contributed by atoms with Crippen LogP contribution in [-0.2, 0) is 14.8 Å². The third-order valence-electron chi connectivity index (χ3n) is 4.43. The highest BCUT2D eigenvalue weighted by molar-refractivity contribution is 7.89. The van der Waals surface area contributed by atoms with Crippen molar-refractivity contribution >= 4 is 10.0 Å². The number of rotatable bonds is 7. The number of sulfonamides is 1. The molecule has 1 saturated carbocycles. The van der Waals surface area contributed by atoms with E-state index in [4.69, 9.17) is 9.88 Å². The van der Waals surface area contributed by atoms with Crippen molar-refractivity contribution in [1.82, 2.24) is 0 Å². The average molecular weight is 291 g/mol. The largest absolute Gasteiger partial charge is 0.378 e. The summed E-state index contributed by atoms with van der Waals surface area (Å²) in [4.78, 5) is 0. The normalized spacial score (nSPS) is 19.3. The minimum atomic E-state index is -3.45. The molecule has 0 saturated heterocycles. The molecule has 0 radical (unpaired) electrons. The maximum atomic E-state index is 11.4. The molecule has 4 nitrogen and oxygen atoms in total. The van der Waals surface area contributed by atoms with Crippen molar-refractivity contribution in [3.05, 3.63) is 0 Å². The average Bonchev–Trinajstić information content (AvgIpc) is 2.62. The number of hydrogen-bond acceptors (Lipinski definition) is 3. The molecule has 1 aliphatic rings. The third kappa shape index (κ3) is 6.23. The van der Waals surface area contributed by atoms with E-state index in [0.717, 1.165) is 25.7 Å². The molecule has 0 atom stereocenters. The van der Waals surface area contributed by atoms with Gasteiger partial charge in [-0.05, 0) is 25.7 Å². The fraction of sp³-hybridized carbons (Fsp3) is 1.00. The van der Waals surface area contributed by atoms with E-state index in [1.54, 1.807) is 0 Å². The first kappa shape index (κ1) is 16.9. The van der Waals surface area contributed by atoms with Crippen LogP contribution in [0.25, 0.3) is 0 Å². The molecule has 1 fully saturated rings. The molecule has 0 spiro atoms. The Balaban J connectivity index is 2.57. The standard InChI is InChI=1S/C14H29NO3S/c1-3-14(4-2,12-19(15,16)17)11-18-13-9-7-5-6-8-10-13/h13H,3-12H2,1-2H3,(H2,15,16,17). The SMILES string of the molecule is CCC(CC)(COC1CCCCCC1)CS(N)(=O)=O. The van der Waals surface area contributed by atoms with Crippen LogP contribution in [0.1, 0.15) is 65.2 Å². The van der Waals surface area contributed by atoms with Crippen LogP contribution < -0.4 is 5.14 Å². The fourth-order valence-electron chi connectivity index (χ4n) is 2.83. The first-order chi connectivity index (χ1) is 8.91. The Labute approximate surface area is 118 Å². The topological polar surface area (TPSA) is 69.4 Å². The summed E-state index contributed by atoms with van der Waals surface area (Å²) < 4.78 is 28.8. The van der Waals surface area contributed by atoms with Gasteiger partial charge in [-0.3, -0.25) is 0 Å². The van der Waals surface area contributed by atoms with Gasteiger partial charge in [0, 0.05) is 5.41 Å². The van der Waals surface area contributed by atoms with Gasteiger partial charge in [0.05, 0.1) is 18.5 Å². The van der Waals surface area contributed by atoms with Gasteiger partial charge in [-0.25, -0.2) is 13.6 Å². The minimum absolute atomic E-state index is 0.0275. The molecule has 0 amide bonds. The fourth-order valence-corrected chi connectivity index (χ4v) is 4.18. The van der Waals surface area contributed by atoms with Crippen molar-refractivity contribution in [2.45, 2.75) is 71.3 Å². The van der Waals surface area contributed by atoms with Crippen LogP contribution in [0.3, 0.4) is 0 Å². The zero-order chi connectivity index (χ0) is 14.4. The van der Waals surface area contributed by atoms with Gasteiger partial charge >= 0.3 is 0 Å². The quantitative estimate of drug-likeness (QED) is 0.733. The van der Waals surface area contributed by atoms with Crippen LogP contribution in [0.5, 0.6) is 0 Å². The van der Waals surface area contributed by atoms with E-state index in [9.17, 15) is 8.42 Å². The van der Waals surface area contributed by atoms with Crippen LogP contribution in [0.2, 0.25) is 0 Å². The second kappa shape index (κ2) is 7.60. The van der Waals surface area contributed by atoms with Crippen LogP contribution in [0.4, 0.5) is 0 Å². The van der Waals surface area contributed by atoms with Gasteiger partial charge in [-0.1, -0.05) is 39.5 Å². The minimum Gasteiger partial charge on any atom is -0.378 e. The van der Waals surface area contributed by atoms with E-state index >= 15 is 0 Å². The van der Waals surface area contributed by atoms with E-state index in [-0.39, 0.29) is 11.2 Å². The van der Waals surface area contributed by atoms with Crippen LogP contribution in [0.15, 0.2) is 0 Å². The molecule has 0 heterocycles. The number of ether oxygens (including phenoxy) is 1. The molecule has 19 heavy (non-hydrogen) atoms. The summed E-state index contributed by atoms with van der Waals surface area (Å²) in [5.41, 5.74) is -0.320. The Morgan fingerprint density at radius 3 is 2.05 bits per heavy atom. The molecule has 0 aromatic carbocycles. The van der Waals surface area contributed by atoms with Crippen LogP contribution in [-0.4, -0.2) is 26.9 Å². The molecule has 1 rings (SSSR count). The predicted molar refractivity (Wildman–Crippen MR) is 78.4 cm³/mol. The maximum Gasteiger partial charge on any atom is 0.209 e. The molecule has 0 unspecified atom stereocenters. The lowest BCUT2D eigenvalue weighted by molar-refractivity contribution is -0.0119.